The lowest BCUT2D eigenvalue weighted by Crippen LogP contribution is -2.17. The highest BCUT2D eigenvalue weighted by atomic mass is 19.2. The van der Waals surface area contributed by atoms with Gasteiger partial charge in [-0.2, -0.15) is 0 Å². The Balaban J connectivity index is 1.46. The molecule has 0 amide bonds. The molecule has 0 atom stereocenters. The molecular weight excluding hydrogens is 692 g/mol. The SMILES string of the molecule is [N-]=[N+]=Nc1c(F)c(F)c(C(=O)OCCOCCOCCOCCOCCOCCOC(=O)c2c(F)c(F)c(N=[N+]=[N-])c(F)c2F)c(F)c1F. The normalized spacial score (nSPS) is 10.8. The Hall–Kier alpha value is -4.76. The van der Waals surface area contributed by atoms with Gasteiger partial charge in [0.1, 0.15) is 35.7 Å². The lowest BCUT2D eigenvalue weighted by molar-refractivity contribution is -0.0182. The quantitative estimate of drug-likeness (QED) is 0.0276. The minimum atomic E-state index is -2.09. The summed E-state index contributed by atoms with van der Waals surface area (Å²) in [4.78, 5) is 27.8. The Morgan fingerprint density at radius 1 is 0.429 bits per heavy atom. The molecule has 0 saturated heterocycles. The van der Waals surface area contributed by atoms with E-state index in [9.17, 15) is 44.7 Å². The van der Waals surface area contributed by atoms with Crippen molar-refractivity contribution >= 4 is 23.3 Å². The van der Waals surface area contributed by atoms with Gasteiger partial charge in [-0.3, -0.25) is 0 Å². The zero-order valence-electron chi connectivity index (χ0n) is 24.9. The van der Waals surface area contributed by atoms with E-state index >= 15 is 0 Å². The summed E-state index contributed by atoms with van der Waals surface area (Å²) in [5.41, 5.74) is 10.0. The number of halogens is 8. The average Bonchev–Trinajstić information content (AvgIpc) is 3.08. The molecule has 0 aromatic heterocycles. The topological polar surface area (TPSA) is 196 Å². The van der Waals surface area contributed by atoms with Crippen LogP contribution in [0.4, 0.5) is 46.5 Å². The van der Waals surface area contributed by atoms with E-state index in [1.54, 1.807) is 0 Å². The molecule has 0 bridgehead atoms. The van der Waals surface area contributed by atoms with Crippen LogP contribution in [0.1, 0.15) is 20.7 Å². The van der Waals surface area contributed by atoms with Gasteiger partial charge in [-0.25, -0.2) is 44.7 Å². The van der Waals surface area contributed by atoms with Crippen LogP contribution in [0.25, 0.3) is 20.9 Å². The fourth-order valence-corrected chi connectivity index (χ4v) is 3.38. The standard InChI is InChI=1S/C26H24F8N6O9/c27-15-13(16(28)20(32)23(19(15)31)37-39-35)25(41)48-11-9-46-7-5-44-3-1-43-2-4-45-6-8-47-10-12-49-26(42)14-17(29)21(33)24(38-40-36)22(34)18(14)30/h1-12H2. The van der Waals surface area contributed by atoms with Crippen molar-refractivity contribution in [1.29, 1.82) is 0 Å². The maximum absolute atomic E-state index is 13.9. The Kier molecular flexibility index (Phi) is 17.5. The number of nitrogens with zero attached hydrogens (tertiary/aromatic N) is 6. The fourth-order valence-electron chi connectivity index (χ4n) is 3.38. The first-order valence-corrected chi connectivity index (χ1v) is 13.5. The van der Waals surface area contributed by atoms with Crippen molar-refractivity contribution in [1.82, 2.24) is 0 Å². The van der Waals surface area contributed by atoms with E-state index in [4.69, 9.17) is 34.7 Å². The van der Waals surface area contributed by atoms with Crippen LogP contribution in [-0.2, 0) is 33.2 Å². The molecule has 23 heteroatoms. The van der Waals surface area contributed by atoms with Gasteiger partial charge in [0.2, 0.25) is 0 Å². The zero-order valence-corrected chi connectivity index (χ0v) is 24.9. The van der Waals surface area contributed by atoms with Crippen LogP contribution < -0.4 is 0 Å². The van der Waals surface area contributed by atoms with Gasteiger partial charge in [-0.15, -0.1) is 0 Å². The Morgan fingerprint density at radius 2 is 0.653 bits per heavy atom. The summed E-state index contributed by atoms with van der Waals surface area (Å²) < 4.78 is 146. The molecule has 0 aliphatic heterocycles. The van der Waals surface area contributed by atoms with Gasteiger partial charge >= 0.3 is 11.9 Å². The highest BCUT2D eigenvalue weighted by Gasteiger charge is 2.31. The fraction of sp³-hybridized carbons (Fsp3) is 0.462. The maximum Gasteiger partial charge on any atom is 0.344 e. The molecular formula is C26H24F8N6O9. The second kappa shape index (κ2) is 21.3. The summed E-state index contributed by atoms with van der Waals surface area (Å²) in [5.74, 6) is -20.0. The first-order valence-electron chi connectivity index (χ1n) is 13.5. The van der Waals surface area contributed by atoms with Crippen molar-refractivity contribution in [3.8, 4) is 0 Å². The Bertz CT molecular complexity index is 1400. The molecule has 0 aliphatic carbocycles. The number of azide groups is 2. The molecule has 2 aromatic carbocycles. The number of esters is 2. The van der Waals surface area contributed by atoms with E-state index in [1.807, 2.05) is 9.82 Å². The van der Waals surface area contributed by atoms with Crippen molar-refractivity contribution in [2.75, 3.05) is 79.3 Å². The van der Waals surface area contributed by atoms with Gasteiger partial charge in [-0.1, -0.05) is 10.2 Å². The van der Waals surface area contributed by atoms with E-state index in [-0.39, 0.29) is 66.1 Å². The van der Waals surface area contributed by atoms with Crippen molar-refractivity contribution in [3.63, 3.8) is 0 Å². The van der Waals surface area contributed by atoms with Crippen LogP contribution in [-0.4, -0.2) is 91.2 Å². The monoisotopic (exact) mass is 716 g/mol. The van der Waals surface area contributed by atoms with Gasteiger partial charge in [0, 0.05) is 9.82 Å². The lowest BCUT2D eigenvalue weighted by Gasteiger charge is -2.10. The number of rotatable bonds is 22. The number of ether oxygens (including phenoxy) is 7. The number of carbonyl (C=O) groups is 2. The van der Waals surface area contributed by atoms with E-state index in [2.05, 4.69) is 19.7 Å². The van der Waals surface area contributed by atoms with Crippen LogP contribution in [0.2, 0.25) is 0 Å². The zero-order chi connectivity index (χ0) is 36.3. The van der Waals surface area contributed by atoms with Crippen LogP contribution in [0, 0.1) is 46.5 Å². The van der Waals surface area contributed by atoms with E-state index in [1.165, 1.54) is 0 Å². The maximum atomic E-state index is 13.9. The minimum absolute atomic E-state index is 0.0174. The van der Waals surface area contributed by atoms with Gasteiger partial charge in [0.05, 0.1) is 66.1 Å². The molecule has 0 aliphatic rings. The first-order chi connectivity index (χ1) is 23.5. The molecule has 268 valence electrons. The number of hydrogen-bond acceptors (Lipinski definition) is 11. The molecule has 2 rings (SSSR count). The highest BCUT2D eigenvalue weighted by Crippen LogP contribution is 2.32. The third-order valence-electron chi connectivity index (χ3n) is 5.59. The van der Waals surface area contributed by atoms with Gasteiger partial charge < -0.3 is 33.2 Å². The van der Waals surface area contributed by atoms with E-state index in [0.717, 1.165) is 0 Å². The summed E-state index contributed by atoms with van der Waals surface area (Å²) in [6.45, 7) is -0.668. The van der Waals surface area contributed by atoms with Crippen LogP contribution in [0.15, 0.2) is 10.2 Å². The van der Waals surface area contributed by atoms with Gasteiger partial charge in [-0.05, 0) is 11.1 Å². The van der Waals surface area contributed by atoms with Crippen molar-refractivity contribution in [3.05, 3.63) is 78.6 Å². The summed E-state index contributed by atoms with van der Waals surface area (Å²) in [5, 5.41) is 5.01. The Labute approximate surface area is 269 Å². The van der Waals surface area contributed by atoms with Crippen molar-refractivity contribution < 1.29 is 77.9 Å². The second-order valence-corrected chi connectivity index (χ2v) is 8.67. The molecule has 0 spiro atoms. The predicted molar refractivity (Wildman–Crippen MR) is 145 cm³/mol. The summed E-state index contributed by atoms with van der Waals surface area (Å²) in [6, 6.07) is 0. The van der Waals surface area contributed by atoms with Crippen molar-refractivity contribution in [2.45, 2.75) is 0 Å². The summed E-state index contributed by atoms with van der Waals surface area (Å²) in [6.07, 6.45) is 0. The van der Waals surface area contributed by atoms with E-state index < -0.39 is 94.2 Å². The summed E-state index contributed by atoms with van der Waals surface area (Å²) in [7, 11) is 0. The number of benzene rings is 2. The lowest BCUT2D eigenvalue weighted by atomic mass is 10.1. The number of hydrogen-bond donors (Lipinski definition) is 0. The first kappa shape index (κ1) is 40.4. The van der Waals surface area contributed by atoms with Crippen LogP contribution in [0.3, 0.4) is 0 Å². The molecule has 2 aromatic rings. The third kappa shape index (κ3) is 11.7. The molecule has 49 heavy (non-hydrogen) atoms. The molecule has 0 radical (unpaired) electrons. The van der Waals surface area contributed by atoms with Gasteiger partial charge in [0.25, 0.3) is 0 Å². The van der Waals surface area contributed by atoms with Crippen molar-refractivity contribution in [2.24, 2.45) is 10.2 Å². The second-order valence-electron chi connectivity index (χ2n) is 8.67. The van der Waals surface area contributed by atoms with E-state index in [0.29, 0.717) is 0 Å². The molecule has 0 N–H and O–H groups in total. The summed E-state index contributed by atoms with van der Waals surface area (Å²) >= 11 is 0. The Morgan fingerprint density at radius 3 is 0.878 bits per heavy atom. The molecule has 15 nitrogen and oxygen atoms in total. The van der Waals surface area contributed by atoms with Crippen LogP contribution >= 0.6 is 0 Å². The molecule has 0 heterocycles. The molecule has 0 saturated carbocycles. The molecule has 0 fully saturated rings. The number of carbonyl (C=O) groups excluding carboxylic acids is 2. The largest absolute Gasteiger partial charge is 0.459 e. The molecule has 0 unspecified atom stereocenters. The highest BCUT2D eigenvalue weighted by molar-refractivity contribution is 5.91. The predicted octanol–water partition coefficient (Wildman–Crippen LogP) is 5.78. The smallest absolute Gasteiger partial charge is 0.344 e. The average molecular weight is 716 g/mol. The minimum Gasteiger partial charge on any atom is -0.459 e. The third-order valence-corrected chi connectivity index (χ3v) is 5.59. The van der Waals surface area contributed by atoms with Gasteiger partial charge in [0.15, 0.2) is 46.5 Å². The van der Waals surface area contributed by atoms with Crippen LogP contribution in [0.5, 0.6) is 0 Å².